The second-order valence-electron chi connectivity index (χ2n) is 4.29. The number of aromatic nitrogens is 1. The van der Waals surface area contributed by atoms with Crippen LogP contribution in [-0.4, -0.2) is 24.8 Å². The molecule has 1 atom stereocenters. The van der Waals surface area contributed by atoms with Crippen LogP contribution < -0.4 is 5.73 Å². The number of pyridine rings is 1. The molecule has 1 aromatic carbocycles. The molecule has 96 valence electrons. The molecule has 0 fully saturated rings. The molecule has 4 heteroatoms. The van der Waals surface area contributed by atoms with Gasteiger partial charge in [0.1, 0.15) is 0 Å². The predicted molar refractivity (Wildman–Crippen MR) is 72.3 cm³/mol. The first-order chi connectivity index (χ1) is 8.72. The zero-order valence-corrected chi connectivity index (χ0v) is 10.7. The summed E-state index contributed by atoms with van der Waals surface area (Å²) in [5.74, 6) is 0. The fourth-order valence-electron chi connectivity index (χ4n) is 1.88. The number of ether oxygens (including phenoxy) is 2. The zero-order valence-electron chi connectivity index (χ0n) is 10.7. The molecule has 2 N–H and O–H groups in total. The quantitative estimate of drug-likeness (QED) is 0.823. The minimum atomic E-state index is 0.0614. The summed E-state index contributed by atoms with van der Waals surface area (Å²) in [6.07, 6.45) is 1.83. The summed E-state index contributed by atoms with van der Waals surface area (Å²) >= 11 is 0. The monoisotopic (exact) mass is 246 g/mol. The number of nitrogens with zero attached hydrogens (tertiary/aromatic N) is 1. The molecule has 0 saturated carbocycles. The van der Waals surface area contributed by atoms with Crippen LogP contribution in [0.3, 0.4) is 0 Å². The molecule has 0 aliphatic rings. The Morgan fingerprint density at radius 3 is 2.94 bits per heavy atom. The molecule has 0 amide bonds. The molecule has 2 rings (SSSR count). The number of nitrogens with two attached hydrogens (primary N) is 1. The van der Waals surface area contributed by atoms with E-state index in [1.807, 2.05) is 31.2 Å². The number of hydrogen-bond acceptors (Lipinski definition) is 4. The third-order valence-electron chi connectivity index (χ3n) is 2.81. The molecule has 0 saturated heterocycles. The van der Waals surface area contributed by atoms with Crippen LogP contribution in [0, 0.1) is 0 Å². The fourth-order valence-corrected chi connectivity index (χ4v) is 1.88. The van der Waals surface area contributed by atoms with Gasteiger partial charge in [0.15, 0.2) is 0 Å². The van der Waals surface area contributed by atoms with Crippen molar-refractivity contribution in [1.29, 1.82) is 0 Å². The van der Waals surface area contributed by atoms with E-state index in [1.54, 1.807) is 13.3 Å². The van der Waals surface area contributed by atoms with Crippen molar-refractivity contribution in [2.75, 3.05) is 19.5 Å². The maximum absolute atomic E-state index is 5.93. The number of nitrogen functional groups attached to an aromatic ring is 1. The molecule has 18 heavy (non-hydrogen) atoms. The molecular weight excluding hydrogens is 228 g/mol. The van der Waals surface area contributed by atoms with Gasteiger partial charge in [-0.05, 0) is 25.1 Å². The Bertz CT molecular complexity index is 528. The molecule has 0 radical (unpaired) electrons. The Hall–Kier alpha value is -1.65. The van der Waals surface area contributed by atoms with E-state index < -0.39 is 0 Å². The average Bonchev–Trinajstić information content (AvgIpc) is 2.39. The van der Waals surface area contributed by atoms with Gasteiger partial charge < -0.3 is 15.2 Å². The summed E-state index contributed by atoms with van der Waals surface area (Å²) < 4.78 is 10.7. The Labute approximate surface area is 107 Å². The lowest BCUT2D eigenvalue weighted by Gasteiger charge is -2.13. The number of rotatable bonds is 5. The highest BCUT2D eigenvalue weighted by Gasteiger charge is 2.07. The van der Waals surface area contributed by atoms with Crippen LogP contribution in [0.15, 0.2) is 30.5 Å². The van der Waals surface area contributed by atoms with Crippen molar-refractivity contribution in [3.8, 4) is 0 Å². The molecule has 0 spiro atoms. The van der Waals surface area contributed by atoms with Gasteiger partial charge in [0.2, 0.25) is 0 Å². The minimum Gasteiger partial charge on any atom is -0.398 e. The predicted octanol–water partition coefficient (Wildman–Crippen LogP) is 2.37. The first-order valence-corrected chi connectivity index (χ1v) is 5.95. The standard InChI is InChI=1S/C14H18N2O2/c1-10(8-17-2)18-9-11-5-6-13(15)12-4-3-7-16-14(11)12/h3-7,10H,8-9,15H2,1-2H3. The highest BCUT2D eigenvalue weighted by atomic mass is 16.5. The zero-order chi connectivity index (χ0) is 13.0. The van der Waals surface area contributed by atoms with E-state index in [0.29, 0.717) is 13.2 Å². The Kier molecular flexibility index (Phi) is 4.12. The van der Waals surface area contributed by atoms with Crippen molar-refractivity contribution in [1.82, 2.24) is 4.98 Å². The van der Waals surface area contributed by atoms with E-state index in [0.717, 1.165) is 22.2 Å². The van der Waals surface area contributed by atoms with E-state index in [-0.39, 0.29) is 6.10 Å². The second kappa shape index (κ2) is 5.80. The van der Waals surface area contributed by atoms with Crippen molar-refractivity contribution in [2.24, 2.45) is 0 Å². The SMILES string of the molecule is COCC(C)OCc1ccc(N)c2cccnc12. The van der Waals surface area contributed by atoms with E-state index in [9.17, 15) is 0 Å². The van der Waals surface area contributed by atoms with Crippen LogP contribution in [0.1, 0.15) is 12.5 Å². The molecule has 1 aromatic heterocycles. The lowest BCUT2D eigenvalue weighted by Crippen LogP contribution is -2.14. The van der Waals surface area contributed by atoms with Gasteiger partial charge in [0.25, 0.3) is 0 Å². The normalized spacial score (nSPS) is 12.8. The van der Waals surface area contributed by atoms with Crippen molar-refractivity contribution >= 4 is 16.6 Å². The van der Waals surface area contributed by atoms with Gasteiger partial charge in [-0.3, -0.25) is 4.98 Å². The van der Waals surface area contributed by atoms with Gasteiger partial charge in [-0.2, -0.15) is 0 Å². The summed E-state index contributed by atoms with van der Waals surface area (Å²) in [4.78, 5) is 4.37. The topological polar surface area (TPSA) is 57.4 Å². The molecular formula is C14H18N2O2. The Balaban J connectivity index is 2.21. The molecule has 1 heterocycles. The van der Waals surface area contributed by atoms with Crippen LogP contribution in [-0.2, 0) is 16.1 Å². The van der Waals surface area contributed by atoms with Crippen molar-refractivity contribution in [2.45, 2.75) is 19.6 Å². The van der Waals surface area contributed by atoms with Gasteiger partial charge >= 0.3 is 0 Å². The number of hydrogen-bond donors (Lipinski definition) is 1. The second-order valence-corrected chi connectivity index (χ2v) is 4.29. The average molecular weight is 246 g/mol. The first-order valence-electron chi connectivity index (χ1n) is 5.95. The Morgan fingerprint density at radius 2 is 2.17 bits per heavy atom. The molecule has 1 unspecified atom stereocenters. The maximum atomic E-state index is 5.93. The third kappa shape index (κ3) is 2.78. The summed E-state index contributed by atoms with van der Waals surface area (Å²) in [5.41, 5.74) is 8.62. The molecule has 2 aromatic rings. The minimum absolute atomic E-state index is 0.0614. The van der Waals surface area contributed by atoms with Crippen LogP contribution in [0.25, 0.3) is 10.9 Å². The van der Waals surface area contributed by atoms with Crippen molar-refractivity contribution < 1.29 is 9.47 Å². The molecule has 0 bridgehead atoms. The van der Waals surface area contributed by atoms with E-state index in [1.165, 1.54) is 0 Å². The van der Waals surface area contributed by atoms with Crippen LogP contribution >= 0.6 is 0 Å². The number of methoxy groups -OCH3 is 1. The van der Waals surface area contributed by atoms with Gasteiger partial charge in [-0.15, -0.1) is 0 Å². The molecule has 4 nitrogen and oxygen atoms in total. The van der Waals surface area contributed by atoms with E-state index in [4.69, 9.17) is 15.2 Å². The van der Waals surface area contributed by atoms with Crippen LogP contribution in [0.2, 0.25) is 0 Å². The number of benzene rings is 1. The van der Waals surface area contributed by atoms with Gasteiger partial charge in [-0.25, -0.2) is 0 Å². The van der Waals surface area contributed by atoms with Crippen LogP contribution in [0.4, 0.5) is 5.69 Å². The third-order valence-corrected chi connectivity index (χ3v) is 2.81. The van der Waals surface area contributed by atoms with E-state index in [2.05, 4.69) is 4.98 Å². The number of fused-ring (bicyclic) bond motifs is 1. The van der Waals surface area contributed by atoms with Crippen LogP contribution in [0.5, 0.6) is 0 Å². The highest BCUT2D eigenvalue weighted by molar-refractivity contribution is 5.92. The first kappa shape index (κ1) is 12.8. The maximum Gasteiger partial charge on any atom is 0.0784 e. The molecule has 0 aliphatic carbocycles. The highest BCUT2D eigenvalue weighted by Crippen LogP contribution is 2.23. The smallest absolute Gasteiger partial charge is 0.0784 e. The fraction of sp³-hybridized carbons (Fsp3) is 0.357. The van der Waals surface area contributed by atoms with Gasteiger partial charge in [-0.1, -0.05) is 6.07 Å². The number of anilines is 1. The van der Waals surface area contributed by atoms with Crippen molar-refractivity contribution in [3.05, 3.63) is 36.0 Å². The van der Waals surface area contributed by atoms with Crippen molar-refractivity contribution in [3.63, 3.8) is 0 Å². The summed E-state index contributed by atoms with van der Waals surface area (Å²) in [7, 11) is 1.67. The van der Waals surface area contributed by atoms with Gasteiger partial charge in [0, 0.05) is 29.9 Å². The summed E-state index contributed by atoms with van der Waals surface area (Å²) in [6.45, 7) is 3.08. The lowest BCUT2D eigenvalue weighted by atomic mass is 10.1. The largest absolute Gasteiger partial charge is 0.398 e. The van der Waals surface area contributed by atoms with E-state index >= 15 is 0 Å². The van der Waals surface area contributed by atoms with Gasteiger partial charge in [0.05, 0.1) is 24.8 Å². The Morgan fingerprint density at radius 1 is 1.33 bits per heavy atom. The lowest BCUT2D eigenvalue weighted by molar-refractivity contribution is 0.000253. The summed E-state index contributed by atoms with van der Waals surface area (Å²) in [5, 5.41) is 0.970. The molecule has 0 aliphatic heterocycles. The summed E-state index contributed by atoms with van der Waals surface area (Å²) in [6, 6.07) is 7.71.